The zero-order valence-corrected chi connectivity index (χ0v) is 13.7. The molecule has 7 heteroatoms. The highest BCUT2D eigenvalue weighted by atomic mass is 32.2. The topological polar surface area (TPSA) is 70.8 Å². The van der Waals surface area contributed by atoms with Gasteiger partial charge in [0.05, 0.1) is 12.5 Å². The highest BCUT2D eigenvalue weighted by Crippen LogP contribution is 2.23. The molecule has 0 N–H and O–H groups in total. The molecule has 1 saturated heterocycles. The lowest BCUT2D eigenvalue weighted by Crippen LogP contribution is -2.55. The Kier molecular flexibility index (Phi) is 4.43. The van der Waals surface area contributed by atoms with E-state index in [1.165, 1.54) is 16.8 Å². The standard InChI is InChI=1S/C14H22N2O4S/c1-10(2)12-5-8-20-13(12)14(17)15-6-7-16(11(3)9-15)21(4,18)19/h5,8,10-11H,6-7,9H2,1-4H3/t11-/m0/s1. The van der Waals surface area contributed by atoms with Gasteiger partial charge in [-0.05, 0) is 18.9 Å². The van der Waals surface area contributed by atoms with Crippen LogP contribution >= 0.6 is 0 Å². The summed E-state index contributed by atoms with van der Waals surface area (Å²) < 4.78 is 30.1. The fourth-order valence-electron chi connectivity index (χ4n) is 2.71. The maximum absolute atomic E-state index is 12.6. The van der Waals surface area contributed by atoms with Gasteiger partial charge in [-0.1, -0.05) is 13.8 Å². The van der Waals surface area contributed by atoms with Gasteiger partial charge in [0.1, 0.15) is 0 Å². The molecule has 0 aromatic carbocycles. The Labute approximate surface area is 125 Å². The summed E-state index contributed by atoms with van der Waals surface area (Å²) in [5.74, 6) is 0.408. The molecule has 1 aliphatic rings. The molecule has 21 heavy (non-hydrogen) atoms. The first-order valence-electron chi connectivity index (χ1n) is 7.05. The number of nitrogens with zero attached hydrogens (tertiary/aromatic N) is 2. The maximum Gasteiger partial charge on any atom is 0.289 e. The van der Waals surface area contributed by atoms with Crippen molar-refractivity contribution in [2.75, 3.05) is 25.9 Å². The van der Waals surface area contributed by atoms with Crippen molar-refractivity contribution >= 4 is 15.9 Å². The van der Waals surface area contributed by atoms with E-state index < -0.39 is 10.0 Å². The molecule has 1 fully saturated rings. The molecule has 6 nitrogen and oxygen atoms in total. The van der Waals surface area contributed by atoms with Gasteiger partial charge < -0.3 is 9.32 Å². The molecule has 0 radical (unpaired) electrons. The van der Waals surface area contributed by atoms with Gasteiger partial charge in [-0.25, -0.2) is 8.42 Å². The van der Waals surface area contributed by atoms with Gasteiger partial charge in [-0.15, -0.1) is 0 Å². The zero-order valence-electron chi connectivity index (χ0n) is 12.9. The molecule has 0 spiro atoms. The van der Waals surface area contributed by atoms with E-state index in [1.807, 2.05) is 26.8 Å². The number of carbonyl (C=O) groups is 1. The van der Waals surface area contributed by atoms with Crippen molar-refractivity contribution in [3.05, 3.63) is 23.7 Å². The smallest absolute Gasteiger partial charge is 0.289 e. The third kappa shape index (κ3) is 3.29. The number of carbonyl (C=O) groups excluding carboxylic acids is 1. The second-order valence-electron chi connectivity index (χ2n) is 5.83. The second kappa shape index (κ2) is 5.81. The fraction of sp³-hybridized carbons (Fsp3) is 0.643. The highest BCUT2D eigenvalue weighted by molar-refractivity contribution is 7.88. The summed E-state index contributed by atoms with van der Waals surface area (Å²) in [6.07, 6.45) is 2.73. The van der Waals surface area contributed by atoms with Gasteiger partial charge in [0.15, 0.2) is 5.76 Å². The van der Waals surface area contributed by atoms with E-state index in [0.717, 1.165) is 5.56 Å². The van der Waals surface area contributed by atoms with Crippen molar-refractivity contribution in [3.63, 3.8) is 0 Å². The lowest BCUT2D eigenvalue weighted by Gasteiger charge is -2.38. The molecule has 1 atom stereocenters. The van der Waals surface area contributed by atoms with Gasteiger partial charge in [-0.2, -0.15) is 4.31 Å². The molecular weight excluding hydrogens is 292 g/mol. The minimum atomic E-state index is -3.23. The number of rotatable bonds is 3. The van der Waals surface area contributed by atoms with E-state index >= 15 is 0 Å². The molecule has 0 saturated carbocycles. The summed E-state index contributed by atoms with van der Waals surface area (Å²) in [5.41, 5.74) is 0.887. The summed E-state index contributed by atoms with van der Waals surface area (Å²) in [7, 11) is -3.23. The van der Waals surface area contributed by atoms with Crippen LogP contribution in [-0.2, 0) is 10.0 Å². The number of piperazine rings is 1. The fourth-order valence-corrected chi connectivity index (χ4v) is 3.84. The Morgan fingerprint density at radius 2 is 2.05 bits per heavy atom. The van der Waals surface area contributed by atoms with Crippen molar-refractivity contribution in [2.45, 2.75) is 32.7 Å². The molecule has 1 aromatic rings. The monoisotopic (exact) mass is 314 g/mol. The van der Waals surface area contributed by atoms with Crippen LogP contribution in [0.1, 0.15) is 42.8 Å². The Hall–Kier alpha value is -1.34. The summed E-state index contributed by atoms with van der Waals surface area (Å²) in [6.45, 7) is 6.91. The Balaban J connectivity index is 2.14. The van der Waals surface area contributed by atoms with Crippen LogP contribution < -0.4 is 0 Å². The number of hydrogen-bond acceptors (Lipinski definition) is 4. The van der Waals surface area contributed by atoms with E-state index in [9.17, 15) is 13.2 Å². The van der Waals surface area contributed by atoms with Crippen molar-refractivity contribution < 1.29 is 17.6 Å². The van der Waals surface area contributed by atoms with Gasteiger partial charge in [0.25, 0.3) is 5.91 Å². The third-order valence-corrected chi connectivity index (χ3v) is 5.19. The SMILES string of the molecule is CC(C)c1ccoc1C(=O)N1CCN(S(C)(=O)=O)[C@@H](C)C1. The molecule has 0 bridgehead atoms. The minimum absolute atomic E-state index is 0.163. The van der Waals surface area contributed by atoms with Crippen LogP contribution in [-0.4, -0.2) is 55.5 Å². The van der Waals surface area contributed by atoms with E-state index in [4.69, 9.17) is 4.42 Å². The quantitative estimate of drug-likeness (QED) is 0.848. The van der Waals surface area contributed by atoms with E-state index in [1.54, 1.807) is 4.90 Å². The predicted molar refractivity (Wildman–Crippen MR) is 79.7 cm³/mol. The molecule has 0 unspecified atom stereocenters. The van der Waals surface area contributed by atoms with Crippen LogP contribution in [0, 0.1) is 0 Å². The number of sulfonamides is 1. The van der Waals surface area contributed by atoms with Crippen molar-refractivity contribution in [2.24, 2.45) is 0 Å². The van der Waals surface area contributed by atoms with E-state index in [-0.39, 0.29) is 17.9 Å². The maximum atomic E-state index is 12.6. The normalized spacial score (nSPS) is 21.0. The molecule has 0 aliphatic carbocycles. The second-order valence-corrected chi connectivity index (χ2v) is 7.77. The van der Waals surface area contributed by atoms with Crippen molar-refractivity contribution in [1.82, 2.24) is 9.21 Å². The summed E-state index contributed by atoms with van der Waals surface area (Å²) in [5, 5.41) is 0. The first-order valence-corrected chi connectivity index (χ1v) is 8.90. The Morgan fingerprint density at radius 3 is 2.57 bits per heavy atom. The van der Waals surface area contributed by atoms with Crippen molar-refractivity contribution in [1.29, 1.82) is 0 Å². The van der Waals surface area contributed by atoms with Crippen LogP contribution in [0.3, 0.4) is 0 Å². The summed E-state index contributed by atoms with van der Waals surface area (Å²) in [6, 6.07) is 1.59. The van der Waals surface area contributed by atoms with Crippen LogP contribution in [0.2, 0.25) is 0 Å². The lowest BCUT2D eigenvalue weighted by atomic mass is 10.0. The Bertz CT molecular complexity index is 621. The van der Waals surface area contributed by atoms with Gasteiger partial charge in [-0.3, -0.25) is 4.79 Å². The Morgan fingerprint density at radius 1 is 1.38 bits per heavy atom. The molecule has 1 amide bonds. The molecule has 118 valence electrons. The molecular formula is C14H22N2O4S. The number of amides is 1. The van der Waals surface area contributed by atoms with E-state index in [0.29, 0.717) is 25.4 Å². The number of hydrogen-bond donors (Lipinski definition) is 0. The molecule has 1 aliphatic heterocycles. The number of furan rings is 1. The molecule has 2 rings (SSSR count). The van der Waals surface area contributed by atoms with Crippen LogP contribution in [0.5, 0.6) is 0 Å². The first-order chi connectivity index (χ1) is 9.71. The van der Waals surface area contributed by atoms with Gasteiger partial charge in [0.2, 0.25) is 10.0 Å². The summed E-state index contributed by atoms with van der Waals surface area (Å²) in [4.78, 5) is 14.2. The highest BCUT2D eigenvalue weighted by Gasteiger charge is 2.33. The molecule has 1 aromatic heterocycles. The summed E-state index contributed by atoms with van der Waals surface area (Å²) >= 11 is 0. The molecule has 2 heterocycles. The van der Waals surface area contributed by atoms with E-state index in [2.05, 4.69) is 0 Å². The first kappa shape index (κ1) is 16.0. The predicted octanol–water partition coefficient (Wildman–Crippen LogP) is 1.51. The third-order valence-electron chi connectivity index (χ3n) is 3.79. The minimum Gasteiger partial charge on any atom is -0.459 e. The lowest BCUT2D eigenvalue weighted by molar-refractivity contribution is 0.0609. The van der Waals surface area contributed by atoms with Crippen LogP contribution in [0.4, 0.5) is 0 Å². The van der Waals surface area contributed by atoms with Gasteiger partial charge >= 0.3 is 0 Å². The zero-order chi connectivity index (χ0) is 15.8. The van der Waals surface area contributed by atoms with Crippen LogP contribution in [0.15, 0.2) is 16.7 Å². The van der Waals surface area contributed by atoms with Crippen LogP contribution in [0.25, 0.3) is 0 Å². The van der Waals surface area contributed by atoms with Crippen molar-refractivity contribution in [3.8, 4) is 0 Å². The average molecular weight is 314 g/mol. The largest absolute Gasteiger partial charge is 0.459 e. The average Bonchev–Trinajstić information content (AvgIpc) is 2.85. The van der Waals surface area contributed by atoms with Gasteiger partial charge in [0, 0.05) is 31.2 Å².